The molecule has 0 spiro atoms. The highest BCUT2D eigenvalue weighted by atomic mass is 35.5. The summed E-state index contributed by atoms with van der Waals surface area (Å²) in [5.41, 5.74) is -0.150. The quantitative estimate of drug-likeness (QED) is 0.738. The molecule has 0 aromatic heterocycles. The van der Waals surface area contributed by atoms with Gasteiger partial charge in [-0.3, -0.25) is 4.79 Å². The number of primary sulfonamides is 1. The topological polar surface area (TPSA) is 123 Å². The van der Waals surface area contributed by atoms with Crippen LogP contribution in [0.2, 0.25) is 5.02 Å². The summed E-state index contributed by atoms with van der Waals surface area (Å²) in [6.07, 6.45) is -0.411. The molecule has 0 radical (unpaired) electrons. The highest BCUT2D eigenvalue weighted by molar-refractivity contribution is 7.91. The van der Waals surface area contributed by atoms with Gasteiger partial charge in [-0.2, -0.15) is 0 Å². The van der Waals surface area contributed by atoms with Gasteiger partial charge in [-0.15, -0.1) is 0 Å². The van der Waals surface area contributed by atoms with Crippen LogP contribution in [0.25, 0.3) is 0 Å². The van der Waals surface area contributed by atoms with Crippen LogP contribution in [0, 0.1) is 5.82 Å². The molecule has 0 saturated carbocycles. The molecule has 2 aromatic carbocycles. The lowest BCUT2D eigenvalue weighted by atomic mass is 10.3. The average molecular weight is 421 g/mol. The molecule has 0 heterocycles. The molecule has 0 atom stereocenters. The van der Waals surface area contributed by atoms with Gasteiger partial charge in [-0.05, 0) is 42.5 Å². The number of sulfone groups is 1. The molecule has 1 amide bonds. The van der Waals surface area contributed by atoms with Crippen molar-refractivity contribution in [3.05, 3.63) is 53.3 Å². The molecule has 0 aliphatic carbocycles. The second-order valence-electron chi connectivity index (χ2n) is 5.29. The molecule has 140 valence electrons. The van der Waals surface area contributed by atoms with Gasteiger partial charge in [0.1, 0.15) is 5.82 Å². The SMILES string of the molecule is NS(=O)(=O)c1cc(F)cc(NC(=O)CCS(=O)(=O)c2ccc(Cl)cc2)c1. The van der Waals surface area contributed by atoms with Crippen LogP contribution in [0.3, 0.4) is 0 Å². The number of rotatable bonds is 6. The number of halogens is 2. The number of sulfonamides is 1. The van der Waals surface area contributed by atoms with Crippen molar-refractivity contribution in [2.45, 2.75) is 16.2 Å². The lowest BCUT2D eigenvalue weighted by Crippen LogP contribution is -2.18. The van der Waals surface area contributed by atoms with Crippen LogP contribution in [0.5, 0.6) is 0 Å². The predicted molar refractivity (Wildman–Crippen MR) is 94.5 cm³/mol. The highest BCUT2D eigenvalue weighted by Crippen LogP contribution is 2.19. The van der Waals surface area contributed by atoms with Gasteiger partial charge in [0.25, 0.3) is 0 Å². The zero-order valence-corrected chi connectivity index (χ0v) is 15.5. The predicted octanol–water partition coefficient (Wildman–Crippen LogP) is 1.93. The number of nitrogens with two attached hydrogens (primary N) is 1. The molecule has 0 unspecified atom stereocenters. The Kier molecular flexibility index (Phi) is 6.02. The zero-order valence-electron chi connectivity index (χ0n) is 13.1. The lowest BCUT2D eigenvalue weighted by molar-refractivity contribution is -0.115. The largest absolute Gasteiger partial charge is 0.326 e. The molecule has 26 heavy (non-hydrogen) atoms. The van der Waals surface area contributed by atoms with E-state index in [1.807, 2.05) is 0 Å². The van der Waals surface area contributed by atoms with Crippen LogP contribution in [-0.2, 0) is 24.7 Å². The summed E-state index contributed by atoms with van der Waals surface area (Å²) in [7, 11) is -7.87. The number of amides is 1. The third-order valence-corrected chi connectivity index (χ3v) is 6.13. The Hall–Kier alpha value is -2.01. The van der Waals surface area contributed by atoms with Crippen LogP contribution in [0.15, 0.2) is 52.3 Å². The Bertz CT molecular complexity index is 1040. The van der Waals surface area contributed by atoms with Crippen LogP contribution in [0.4, 0.5) is 10.1 Å². The summed E-state index contributed by atoms with van der Waals surface area (Å²) in [5, 5.41) is 7.54. The Morgan fingerprint density at radius 1 is 1.04 bits per heavy atom. The Morgan fingerprint density at radius 2 is 1.65 bits per heavy atom. The van der Waals surface area contributed by atoms with E-state index in [-0.39, 0.29) is 10.6 Å². The van der Waals surface area contributed by atoms with E-state index in [2.05, 4.69) is 5.32 Å². The minimum absolute atomic E-state index is 0.0111. The number of hydrogen-bond donors (Lipinski definition) is 2. The maximum Gasteiger partial charge on any atom is 0.238 e. The number of carbonyl (C=O) groups excluding carboxylic acids is 1. The number of carbonyl (C=O) groups is 1. The molecule has 0 fully saturated rings. The first-order valence-electron chi connectivity index (χ1n) is 7.09. The van der Waals surface area contributed by atoms with Gasteiger partial charge in [-0.25, -0.2) is 26.4 Å². The second kappa shape index (κ2) is 7.70. The average Bonchev–Trinajstić information content (AvgIpc) is 2.52. The Labute approximate surface area is 154 Å². The molecule has 3 N–H and O–H groups in total. The number of anilines is 1. The fourth-order valence-corrected chi connectivity index (χ4v) is 3.94. The standard InChI is InChI=1S/C15H14ClFN2O5S2/c16-10-1-3-13(4-2-10)25(21,22)6-5-15(20)19-12-7-11(17)8-14(9-12)26(18,23)24/h1-4,7-9H,5-6H2,(H,19,20)(H2,18,23,24). The van der Waals surface area contributed by atoms with Crippen LogP contribution in [0.1, 0.15) is 6.42 Å². The fraction of sp³-hybridized carbons (Fsp3) is 0.133. The van der Waals surface area contributed by atoms with E-state index >= 15 is 0 Å². The molecule has 2 rings (SSSR count). The first kappa shape index (κ1) is 20.3. The monoisotopic (exact) mass is 420 g/mol. The normalized spacial score (nSPS) is 12.0. The molecule has 0 saturated heterocycles. The van der Waals surface area contributed by atoms with E-state index in [0.29, 0.717) is 11.1 Å². The van der Waals surface area contributed by atoms with Crippen LogP contribution >= 0.6 is 11.6 Å². The van der Waals surface area contributed by atoms with Crippen molar-refractivity contribution >= 4 is 43.1 Å². The molecular formula is C15H14ClFN2O5S2. The van der Waals surface area contributed by atoms with E-state index < -0.39 is 48.7 Å². The molecule has 7 nitrogen and oxygen atoms in total. The summed E-state index contributed by atoms with van der Waals surface area (Å²) in [5.74, 6) is -2.13. The van der Waals surface area contributed by atoms with Crippen LogP contribution < -0.4 is 10.5 Å². The third kappa shape index (κ3) is 5.49. The van der Waals surface area contributed by atoms with Gasteiger partial charge in [-0.1, -0.05) is 11.6 Å². The van der Waals surface area contributed by atoms with Crippen LogP contribution in [-0.4, -0.2) is 28.5 Å². The van der Waals surface area contributed by atoms with Gasteiger partial charge in [0, 0.05) is 17.1 Å². The Balaban J connectivity index is 2.07. The smallest absolute Gasteiger partial charge is 0.238 e. The summed E-state index contributed by atoms with van der Waals surface area (Å²) in [6, 6.07) is 8.04. The first-order valence-corrected chi connectivity index (χ1v) is 10.7. The van der Waals surface area contributed by atoms with Gasteiger partial charge in [0.15, 0.2) is 9.84 Å². The van der Waals surface area contributed by atoms with Crippen molar-refractivity contribution in [2.24, 2.45) is 5.14 Å². The van der Waals surface area contributed by atoms with E-state index in [1.165, 1.54) is 24.3 Å². The first-order chi connectivity index (χ1) is 12.0. The summed E-state index contributed by atoms with van der Waals surface area (Å²) >= 11 is 5.70. The van der Waals surface area contributed by atoms with Crippen molar-refractivity contribution in [2.75, 3.05) is 11.1 Å². The van der Waals surface area contributed by atoms with E-state index in [0.717, 1.165) is 12.1 Å². The number of benzene rings is 2. The fourth-order valence-electron chi connectivity index (χ4n) is 2.01. The number of nitrogens with one attached hydrogen (secondary N) is 1. The summed E-state index contributed by atoms with van der Waals surface area (Å²) in [6.45, 7) is 0. The van der Waals surface area contributed by atoms with Crippen molar-refractivity contribution in [1.82, 2.24) is 0 Å². The maximum atomic E-state index is 13.5. The molecule has 0 aliphatic rings. The minimum Gasteiger partial charge on any atom is -0.326 e. The van der Waals surface area contributed by atoms with E-state index in [4.69, 9.17) is 16.7 Å². The zero-order chi connectivity index (χ0) is 19.5. The summed E-state index contributed by atoms with van der Waals surface area (Å²) in [4.78, 5) is 11.4. The van der Waals surface area contributed by atoms with Gasteiger partial charge in [0.05, 0.1) is 15.5 Å². The van der Waals surface area contributed by atoms with Crippen molar-refractivity contribution in [3.63, 3.8) is 0 Å². The molecule has 11 heteroatoms. The van der Waals surface area contributed by atoms with Crippen molar-refractivity contribution in [3.8, 4) is 0 Å². The third-order valence-electron chi connectivity index (χ3n) is 3.25. The molecule has 2 aromatic rings. The molecular weight excluding hydrogens is 407 g/mol. The highest BCUT2D eigenvalue weighted by Gasteiger charge is 2.17. The Morgan fingerprint density at radius 3 is 2.23 bits per heavy atom. The molecule has 0 bridgehead atoms. The lowest BCUT2D eigenvalue weighted by Gasteiger charge is -2.08. The summed E-state index contributed by atoms with van der Waals surface area (Å²) < 4.78 is 60.3. The maximum absolute atomic E-state index is 13.5. The van der Waals surface area contributed by atoms with E-state index in [9.17, 15) is 26.0 Å². The van der Waals surface area contributed by atoms with Crippen molar-refractivity contribution < 1.29 is 26.0 Å². The second-order valence-corrected chi connectivity index (χ2v) is 9.40. The minimum atomic E-state index is -4.16. The van der Waals surface area contributed by atoms with Gasteiger partial charge in [0.2, 0.25) is 15.9 Å². The van der Waals surface area contributed by atoms with Gasteiger partial charge >= 0.3 is 0 Å². The number of hydrogen-bond acceptors (Lipinski definition) is 5. The molecule has 0 aliphatic heterocycles. The van der Waals surface area contributed by atoms with Crippen molar-refractivity contribution in [1.29, 1.82) is 0 Å². The van der Waals surface area contributed by atoms with Gasteiger partial charge < -0.3 is 5.32 Å². The van der Waals surface area contributed by atoms with E-state index in [1.54, 1.807) is 0 Å².